The number of allylic oxidation sites excluding steroid dienone is 1. The maximum absolute atomic E-state index is 12.4. The van der Waals surface area contributed by atoms with Crippen molar-refractivity contribution in [2.75, 3.05) is 20.2 Å². The highest BCUT2D eigenvalue weighted by atomic mass is 16.5. The molecule has 1 aromatic carbocycles. The predicted octanol–water partition coefficient (Wildman–Crippen LogP) is 4.41. The third kappa shape index (κ3) is 2.55. The molecule has 3 aliphatic rings. The Labute approximate surface area is 157 Å². The zero-order valence-corrected chi connectivity index (χ0v) is 16.3. The van der Waals surface area contributed by atoms with Gasteiger partial charge < -0.3 is 4.74 Å². The summed E-state index contributed by atoms with van der Waals surface area (Å²) in [5.74, 6) is 0.586. The van der Waals surface area contributed by atoms with Gasteiger partial charge in [0.2, 0.25) is 0 Å². The largest absolute Gasteiger partial charge is 0.469 e. The maximum atomic E-state index is 12.4. The fraction of sp³-hybridized carbons (Fsp3) is 0.609. The second kappa shape index (κ2) is 6.53. The Morgan fingerprint density at radius 3 is 2.85 bits per heavy atom. The number of likely N-dealkylation sites (tertiary alicyclic amines) is 1. The van der Waals surface area contributed by atoms with Crippen molar-refractivity contribution in [2.24, 2.45) is 11.3 Å². The molecular weight excluding hydrogens is 322 g/mol. The molecule has 0 aromatic heterocycles. The highest BCUT2D eigenvalue weighted by Gasteiger charge is 2.49. The van der Waals surface area contributed by atoms with Gasteiger partial charge in [-0.25, -0.2) is 0 Å². The van der Waals surface area contributed by atoms with Crippen molar-refractivity contribution in [3.63, 3.8) is 0 Å². The molecule has 3 heteroatoms. The van der Waals surface area contributed by atoms with Gasteiger partial charge in [-0.05, 0) is 55.7 Å². The van der Waals surface area contributed by atoms with Crippen LogP contribution < -0.4 is 0 Å². The SMILES string of the molecule is CCC1(C(=O)OC)CCC(N2CC[C@@]3(C=Cc4ccccc43)[C@@H](C)C2)C1. The highest BCUT2D eigenvalue weighted by molar-refractivity contribution is 5.77. The minimum atomic E-state index is -0.252. The van der Waals surface area contributed by atoms with Crippen LogP contribution in [0.15, 0.2) is 30.3 Å². The zero-order valence-electron chi connectivity index (χ0n) is 16.3. The first-order chi connectivity index (χ1) is 12.5. The van der Waals surface area contributed by atoms with Crippen molar-refractivity contribution in [2.45, 2.75) is 57.4 Å². The van der Waals surface area contributed by atoms with Crippen molar-refractivity contribution in [3.05, 3.63) is 41.5 Å². The number of benzene rings is 1. The molecule has 140 valence electrons. The van der Waals surface area contributed by atoms with E-state index in [1.54, 1.807) is 0 Å². The van der Waals surface area contributed by atoms with E-state index in [0.29, 0.717) is 12.0 Å². The van der Waals surface area contributed by atoms with Crippen molar-refractivity contribution in [1.82, 2.24) is 4.90 Å². The van der Waals surface area contributed by atoms with Crippen LogP contribution in [0.3, 0.4) is 0 Å². The van der Waals surface area contributed by atoms with E-state index < -0.39 is 0 Å². The molecule has 1 heterocycles. The van der Waals surface area contributed by atoms with E-state index in [9.17, 15) is 4.79 Å². The number of rotatable bonds is 3. The number of piperidine rings is 1. The summed E-state index contributed by atoms with van der Waals surface area (Å²) in [7, 11) is 1.53. The van der Waals surface area contributed by atoms with Gasteiger partial charge in [-0.1, -0.05) is 50.3 Å². The second-order valence-corrected chi connectivity index (χ2v) is 8.63. The summed E-state index contributed by atoms with van der Waals surface area (Å²) in [6, 6.07) is 9.39. The van der Waals surface area contributed by atoms with Gasteiger partial charge in [0.1, 0.15) is 0 Å². The number of hydrogen-bond donors (Lipinski definition) is 0. The van der Waals surface area contributed by atoms with E-state index in [1.807, 2.05) is 0 Å². The fourth-order valence-corrected chi connectivity index (χ4v) is 5.83. The van der Waals surface area contributed by atoms with E-state index in [0.717, 1.165) is 38.8 Å². The van der Waals surface area contributed by atoms with Gasteiger partial charge in [0.25, 0.3) is 0 Å². The molecule has 1 saturated heterocycles. The Morgan fingerprint density at radius 2 is 2.12 bits per heavy atom. The number of ether oxygens (including phenoxy) is 1. The van der Waals surface area contributed by atoms with Gasteiger partial charge in [0.15, 0.2) is 0 Å². The molecule has 0 radical (unpaired) electrons. The Hall–Kier alpha value is -1.61. The van der Waals surface area contributed by atoms with Gasteiger partial charge in [-0.2, -0.15) is 0 Å². The minimum Gasteiger partial charge on any atom is -0.469 e. The summed E-state index contributed by atoms with van der Waals surface area (Å²) >= 11 is 0. The molecule has 1 spiro atoms. The molecule has 0 N–H and O–H groups in total. The Balaban J connectivity index is 1.49. The normalized spacial score (nSPS) is 36.4. The van der Waals surface area contributed by atoms with Crippen LogP contribution >= 0.6 is 0 Å². The lowest BCUT2D eigenvalue weighted by molar-refractivity contribution is -0.153. The molecule has 1 aromatic rings. The van der Waals surface area contributed by atoms with E-state index >= 15 is 0 Å². The van der Waals surface area contributed by atoms with Crippen molar-refractivity contribution in [3.8, 4) is 0 Å². The molecule has 2 aliphatic carbocycles. The predicted molar refractivity (Wildman–Crippen MR) is 105 cm³/mol. The topological polar surface area (TPSA) is 29.5 Å². The average molecular weight is 354 g/mol. The van der Waals surface area contributed by atoms with Gasteiger partial charge in [-0.15, -0.1) is 0 Å². The first-order valence-electron chi connectivity index (χ1n) is 10.2. The lowest BCUT2D eigenvalue weighted by atomic mass is 9.67. The summed E-state index contributed by atoms with van der Waals surface area (Å²) in [4.78, 5) is 15.0. The number of nitrogens with zero attached hydrogens (tertiary/aromatic N) is 1. The Bertz CT molecular complexity index is 727. The fourth-order valence-electron chi connectivity index (χ4n) is 5.83. The quantitative estimate of drug-likeness (QED) is 0.754. The number of esters is 1. The molecule has 3 nitrogen and oxygen atoms in total. The monoisotopic (exact) mass is 353 g/mol. The van der Waals surface area contributed by atoms with E-state index in [2.05, 4.69) is 55.2 Å². The lowest BCUT2D eigenvalue weighted by Gasteiger charge is -2.46. The van der Waals surface area contributed by atoms with Crippen LogP contribution in [0.2, 0.25) is 0 Å². The summed E-state index contributed by atoms with van der Waals surface area (Å²) in [6.45, 7) is 6.77. The summed E-state index contributed by atoms with van der Waals surface area (Å²) in [5.41, 5.74) is 2.86. The summed E-state index contributed by atoms with van der Waals surface area (Å²) < 4.78 is 5.13. The van der Waals surface area contributed by atoms with Crippen LogP contribution in [0.1, 0.15) is 57.1 Å². The molecule has 0 bridgehead atoms. The molecule has 4 rings (SSSR count). The molecular formula is C23H31NO2. The first-order valence-corrected chi connectivity index (χ1v) is 10.2. The summed E-state index contributed by atoms with van der Waals surface area (Å²) in [6.07, 6.45) is 9.89. The van der Waals surface area contributed by atoms with E-state index in [-0.39, 0.29) is 16.8 Å². The zero-order chi connectivity index (χ0) is 18.4. The number of carbonyl (C=O) groups excluding carboxylic acids is 1. The van der Waals surface area contributed by atoms with Crippen LogP contribution in [0.5, 0.6) is 0 Å². The average Bonchev–Trinajstić information content (AvgIpc) is 3.28. The Kier molecular flexibility index (Phi) is 4.46. The second-order valence-electron chi connectivity index (χ2n) is 8.63. The number of carbonyl (C=O) groups is 1. The van der Waals surface area contributed by atoms with Crippen LogP contribution in [0, 0.1) is 11.3 Å². The van der Waals surface area contributed by atoms with E-state index in [4.69, 9.17) is 4.74 Å². The molecule has 26 heavy (non-hydrogen) atoms. The minimum absolute atomic E-state index is 0.00307. The van der Waals surface area contributed by atoms with Gasteiger partial charge >= 0.3 is 5.97 Å². The van der Waals surface area contributed by atoms with Crippen molar-refractivity contribution in [1.29, 1.82) is 0 Å². The van der Waals surface area contributed by atoms with Crippen LogP contribution in [0.4, 0.5) is 0 Å². The first kappa shape index (κ1) is 17.8. The third-order valence-corrected chi connectivity index (χ3v) is 7.62. The smallest absolute Gasteiger partial charge is 0.311 e. The van der Waals surface area contributed by atoms with Gasteiger partial charge in [0.05, 0.1) is 12.5 Å². The van der Waals surface area contributed by atoms with Crippen molar-refractivity contribution >= 4 is 12.0 Å². The summed E-state index contributed by atoms with van der Waals surface area (Å²) in [5, 5.41) is 0. The molecule has 0 amide bonds. The number of methoxy groups -OCH3 is 1. The highest BCUT2D eigenvalue weighted by Crippen LogP contribution is 2.49. The Morgan fingerprint density at radius 1 is 1.31 bits per heavy atom. The maximum Gasteiger partial charge on any atom is 0.311 e. The number of fused-ring (bicyclic) bond motifs is 2. The van der Waals surface area contributed by atoms with E-state index in [1.165, 1.54) is 24.7 Å². The van der Waals surface area contributed by atoms with Crippen LogP contribution in [-0.4, -0.2) is 37.1 Å². The van der Waals surface area contributed by atoms with Gasteiger partial charge in [-0.3, -0.25) is 9.69 Å². The molecule has 1 aliphatic heterocycles. The molecule has 2 unspecified atom stereocenters. The standard InChI is InChI=1S/C23H31NO2/c1-4-22(21(25)26-3)11-10-19(15-22)24-14-13-23(17(2)16-24)12-9-18-7-5-6-8-20(18)23/h5-9,12,17,19H,4,10-11,13-16H2,1-3H3/t17-,19?,22?,23-/m0/s1. The lowest BCUT2D eigenvalue weighted by Crippen LogP contribution is -2.50. The van der Waals surface area contributed by atoms with Crippen LogP contribution in [0.25, 0.3) is 6.08 Å². The molecule has 4 atom stereocenters. The third-order valence-electron chi connectivity index (χ3n) is 7.62. The molecule has 2 fully saturated rings. The van der Waals surface area contributed by atoms with Crippen molar-refractivity contribution < 1.29 is 9.53 Å². The molecule has 1 saturated carbocycles. The van der Waals surface area contributed by atoms with Gasteiger partial charge in [0, 0.05) is 18.0 Å². The van der Waals surface area contributed by atoms with Crippen LogP contribution in [-0.2, 0) is 14.9 Å². The number of hydrogen-bond acceptors (Lipinski definition) is 3.